The third-order valence-corrected chi connectivity index (χ3v) is 5.27. The van der Waals surface area contributed by atoms with E-state index in [1.54, 1.807) is 6.20 Å². The molecular weight excluding hydrogens is 392 g/mol. The maximum atomic E-state index is 5.99. The molecule has 2 heterocycles. The number of oxazole rings is 1. The van der Waals surface area contributed by atoms with Gasteiger partial charge in [-0.15, -0.1) is 16.8 Å². The topological polar surface area (TPSA) is 56.7 Å². The highest BCUT2D eigenvalue weighted by molar-refractivity contribution is 7.98. The average Bonchev–Trinajstić information content (AvgIpc) is 3.35. The molecule has 4 rings (SSSR count). The van der Waals surface area contributed by atoms with Gasteiger partial charge in [-0.3, -0.25) is 4.57 Å². The van der Waals surface area contributed by atoms with E-state index in [0.717, 1.165) is 27.9 Å². The standard InChI is InChI=1S/C21H17ClN4OS/c1-2-12-26-20(16-8-10-17(22)11-9-16)24-25-21(26)28-14-19-23-13-18(27-19)15-6-4-3-5-7-15/h2-11,13H,1,12,14H2. The maximum absolute atomic E-state index is 5.99. The maximum Gasteiger partial charge on any atom is 0.205 e. The fourth-order valence-corrected chi connectivity index (χ4v) is 3.67. The first kappa shape index (κ1) is 18.5. The van der Waals surface area contributed by atoms with Gasteiger partial charge in [-0.1, -0.05) is 59.8 Å². The number of allylic oxidation sites excluding steroid dienone is 1. The van der Waals surface area contributed by atoms with Gasteiger partial charge in [-0.25, -0.2) is 4.98 Å². The Morgan fingerprint density at radius 1 is 1.04 bits per heavy atom. The quantitative estimate of drug-likeness (QED) is 0.288. The molecule has 0 spiro atoms. The van der Waals surface area contributed by atoms with E-state index in [9.17, 15) is 0 Å². The molecule has 0 fully saturated rings. The lowest BCUT2D eigenvalue weighted by molar-refractivity contribution is 0.529. The van der Waals surface area contributed by atoms with Gasteiger partial charge in [-0.05, 0) is 24.3 Å². The van der Waals surface area contributed by atoms with Gasteiger partial charge in [0.2, 0.25) is 5.89 Å². The van der Waals surface area contributed by atoms with E-state index >= 15 is 0 Å². The molecule has 0 unspecified atom stereocenters. The summed E-state index contributed by atoms with van der Waals surface area (Å²) in [6, 6.07) is 17.5. The van der Waals surface area contributed by atoms with Crippen molar-refractivity contribution in [2.45, 2.75) is 17.5 Å². The van der Waals surface area contributed by atoms with Crippen molar-refractivity contribution in [1.29, 1.82) is 0 Å². The van der Waals surface area contributed by atoms with Crippen LogP contribution in [0.2, 0.25) is 5.02 Å². The molecule has 28 heavy (non-hydrogen) atoms. The summed E-state index contributed by atoms with van der Waals surface area (Å²) >= 11 is 7.52. The second kappa shape index (κ2) is 8.46. The molecular formula is C21H17ClN4OS. The van der Waals surface area contributed by atoms with Gasteiger partial charge in [0, 0.05) is 22.7 Å². The Hall–Kier alpha value is -2.83. The third-order valence-electron chi connectivity index (χ3n) is 4.07. The van der Waals surface area contributed by atoms with Crippen molar-refractivity contribution >= 4 is 23.4 Å². The summed E-state index contributed by atoms with van der Waals surface area (Å²) in [5, 5.41) is 10.2. The van der Waals surface area contributed by atoms with Crippen molar-refractivity contribution in [3.8, 4) is 22.7 Å². The normalized spacial score (nSPS) is 10.9. The molecule has 0 aliphatic heterocycles. The highest BCUT2D eigenvalue weighted by Crippen LogP contribution is 2.28. The molecule has 0 saturated carbocycles. The Morgan fingerprint density at radius 3 is 2.57 bits per heavy atom. The molecule has 0 bridgehead atoms. The summed E-state index contributed by atoms with van der Waals surface area (Å²) in [4.78, 5) is 4.38. The van der Waals surface area contributed by atoms with E-state index in [0.29, 0.717) is 23.2 Å². The molecule has 0 atom stereocenters. The van der Waals surface area contributed by atoms with E-state index < -0.39 is 0 Å². The molecule has 5 nitrogen and oxygen atoms in total. The predicted molar refractivity (Wildman–Crippen MR) is 112 cm³/mol. The van der Waals surface area contributed by atoms with Crippen molar-refractivity contribution in [3.63, 3.8) is 0 Å². The summed E-state index contributed by atoms with van der Waals surface area (Å²) in [5.41, 5.74) is 1.96. The van der Waals surface area contributed by atoms with Gasteiger partial charge in [0.15, 0.2) is 16.7 Å². The van der Waals surface area contributed by atoms with Gasteiger partial charge in [0.25, 0.3) is 0 Å². The van der Waals surface area contributed by atoms with Gasteiger partial charge in [-0.2, -0.15) is 0 Å². The van der Waals surface area contributed by atoms with Crippen LogP contribution in [-0.2, 0) is 12.3 Å². The number of hydrogen-bond donors (Lipinski definition) is 0. The summed E-state index contributed by atoms with van der Waals surface area (Å²) < 4.78 is 7.89. The lowest BCUT2D eigenvalue weighted by Crippen LogP contribution is -2.00. The minimum absolute atomic E-state index is 0.558. The van der Waals surface area contributed by atoms with Crippen LogP contribution < -0.4 is 0 Å². The zero-order chi connectivity index (χ0) is 19.3. The zero-order valence-corrected chi connectivity index (χ0v) is 16.5. The minimum atomic E-state index is 0.558. The van der Waals surface area contributed by atoms with Crippen LogP contribution in [0.25, 0.3) is 22.7 Å². The SMILES string of the molecule is C=CCn1c(SCc2ncc(-c3ccccc3)o2)nnc1-c1ccc(Cl)cc1. The highest BCUT2D eigenvalue weighted by Gasteiger charge is 2.15. The number of rotatable bonds is 7. The number of halogens is 1. The Bertz CT molecular complexity index is 1070. The van der Waals surface area contributed by atoms with Gasteiger partial charge in [0.05, 0.1) is 11.9 Å². The Morgan fingerprint density at radius 2 is 1.82 bits per heavy atom. The zero-order valence-electron chi connectivity index (χ0n) is 15.0. The molecule has 140 valence electrons. The van der Waals surface area contributed by atoms with Crippen LogP contribution in [0.15, 0.2) is 83.0 Å². The van der Waals surface area contributed by atoms with Crippen LogP contribution in [-0.4, -0.2) is 19.7 Å². The highest BCUT2D eigenvalue weighted by atomic mass is 35.5. The van der Waals surface area contributed by atoms with Crippen LogP contribution in [0.1, 0.15) is 5.89 Å². The molecule has 0 saturated heterocycles. The third kappa shape index (κ3) is 4.03. The van der Waals surface area contributed by atoms with E-state index in [1.165, 1.54) is 11.8 Å². The lowest BCUT2D eigenvalue weighted by atomic mass is 10.2. The number of hydrogen-bond acceptors (Lipinski definition) is 5. The van der Waals surface area contributed by atoms with Crippen LogP contribution in [0, 0.1) is 0 Å². The van der Waals surface area contributed by atoms with Crippen LogP contribution in [0.5, 0.6) is 0 Å². The molecule has 7 heteroatoms. The van der Waals surface area contributed by atoms with Gasteiger partial charge < -0.3 is 4.42 Å². The average molecular weight is 409 g/mol. The largest absolute Gasteiger partial charge is 0.440 e. The summed E-state index contributed by atoms with van der Waals surface area (Å²) in [7, 11) is 0. The van der Waals surface area contributed by atoms with Crippen LogP contribution in [0.4, 0.5) is 0 Å². The number of benzene rings is 2. The molecule has 0 N–H and O–H groups in total. The Balaban J connectivity index is 1.53. The van der Waals surface area contributed by atoms with Gasteiger partial charge in [0.1, 0.15) is 0 Å². The first-order valence-electron chi connectivity index (χ1n) is 8.67. The van der Waals surface area contributed by atoms with E-state index in [-0.39, 0.29) is 0 Å². The molecule has 2 aromatic carbocycles. The molecule has 0 radical (unpaired) electrons. The van der Waals surface area contributed by atoms with Gasteiger partial charge >= 0.3 is 0 Å². The summed E-state index contributed by atoms with van der Waals surface area (Å²) in [6.45, 7) is 4.45. The Kier molecular flexibility index (Phi) is 5.60. The summed E-state index contributed by atoms with van der Waals surface area (Å²) in [5.74, 6) is 2.73. The fraction of sp³-hybridized carbons (Fsp3) is 0.0952. The molecule has 2 aromatic heterocycles. The minimum Gasteiger partial charge on any atom is -0.440 e. The molecule has 0 amide bonds. The first-order valence-corrected chi connectivity index (χ1v) is 10.0. The van der Waals surface area contributed by atoms with Crippen LogP contribution >= 0.6 is 23.4 Å². The van der Waals surface area contributed by atoms with Crippen molar-refractivity contribution in [1.82, 2.24) is 19.7 Å². The number of nitrogens with zero attached hydrogens (tertiary/aromatic N) is 4. The first-order chi connectivity index (χ1) is 13.7. The van der Waals surface area contributed by atoms with Crippen molar-refractivity contribution in [3.05, 3.63) is 84.4 Å². The Labute approximate surface area is 172 Å². The lowest BCUT2D eigenvalue weighted by Gasteiger charge is -2.07. The molecule has 0 aliphatic carbocycles. The number of thioether (sulfide) groups is 1. The van der Waals surface area contributed by atoms with Crippen molar-refractivity contribution < 1.29 is 4.42 Å². The summed E-state index contributed by atoms with van der Waals surface area (Å²) in [6.07, 6.45) is 3.57. The van der Waals surface area contributed by atoms with E-state index in [2.05, 4.69) is 21.8 Å². The number of aromatic nitrogens is 4. The second-order valence-corrected chi connectivity index (χ2v) is 7.36. The fourth-order valence-electron chi connectivity index (χ4n) is 2.74. The smallest absolute Gasteiger partial charge is 0.205 e. The van der Waals surface area contributed by atoms with E-state index in [1.807, 2.05) is 65.2 Å². The monoisotopic (exact) mass is 408 g/mol. The van der Waals surface area contributed by atoms with Crippen molar-refractivity contribution in [2.75, 3.05) is 0 Å². The van der Waals surface area contributed by atoms with E-state index in [4.69, 9.17) is 16.0 Å². The molecule has 0 aliphatic rings. The van der Waals surface area contributed by atoms with Crippen molar-refractivity contribution in [2.24, 2.45) is 0 Å². The molecule has 4 aromatic rings. The predicted octanol–water partition coefficient (Wildman–Crippen LogP) is 5.73. The van der Waals surface area contributed by atoms with Crippen LogP contribution in [0.3, 0.4) is 0 Å². The second-order valence-electron chi connectivity index (χ2n) is 5.99.